The molecule has 5 heteroatoms. The Hall–Kier alpha value is -2.20. The van der Waals surface area contributed by atoms with Crippen LogP contribution in [-0.2, 0) is 0 Å². The Balaban J connectivity index is 2.26. The fourth-order valence-corrected chi connectivity index (χ4v) is 1.95. The van der Waals surface area contributed by atoms with Crippen molar-refractivity contribution in [2.24, 2.45) is 0 Å². The lowest BCUT2D eigenvalue weighted by atomic mass is 10.1. The summed E-state index contributed by atoms with van der Waals surface area (Å²) in [5, 5.41) is 3.13. The summed E-state index contributed by atoms with van der Waals surface area (Å²) < 4.78 is 5.46. The SMILES string of the molecule is CCOc1ccccc1NC(=O)c1cccc(Cl)c1N. The summed E-state index contributed by atoms with van der Waals surface area (Å²) in [6, 6.07) is 12.2. The van der Waals surface area contributed by atoms with Crippen molar-refractivity contribution in [1.29, 1.82) is 0 Å². The number of para-hydroxylation sites is 3. The van der Waals surface area contributed by atoms with E-state index in [9.17, 15) is 4.79 Å². The third-order valence-corrected chi connectivity index (χ3v) is 3.06. The maximum Gasteiger partial charge on any atom is 0.257 e. The quantitative estimate of drug-likeness (QED) is 0.846. The van der Waals surface area contributed by atoms with Gasteiger partial charge in [-0.3, -0.25) is 4.79 Å². The van der Waals surface area contributed by atoms with Crippen LogP contribution in [0.3, 0.4) is 0 Å². The number of nitrogen functional groups attached to an aromatic ring is 1. The number of anilines is 2. The van der Waals surface area contributed by atoms with Gasteiger partial charge < -0.3 is 15.8 Å². The molecule has 0 saturated carbocycles. The van der Waals surface area contributed by atoms with Gasteiger partial charge in [0.1, 0.15) is 5.75 Å². The van der Waals surface area contributed by atoms with Gasteiger partial charge in [-0.25, -0.2) is 0 Å². The predicted octanol–water partition coefficient (Wildman–Crippen LogP) is 3.57. The molecule has 0 aliphatic heterocycles. The van der Waals surface area contributed by atoms with Crippen LogP contribution in [0.4, 0.5) is 11.4 Å². The standard InChI is InChI=1S/C15H15ClN2O2/c1-2-20-13-9-4-3-8-12(13)18-15(19)10-6-5-7-11(16)14(10)17/h3-9H,2,17H2,1H3,(H,18,19). The van der Waals surface area contributed by atoms with Crippen LogP contribution in [0.15, 0.2) is 42.5 Å². The van der Waals surface area contributed by atoms with Crippen molar-refractivity contribution in [3.05, 3.63) is 53.1 Å². The van der Waals surface area contributed by atoms with Crippen LogP contribution in [0, 0.1) is 0 Å². The number of hydrogen-bond donors (Lipinski definition) is 2. The number of nitrogens with two attached hydrogens (primary N) is 1. The highest BCUT2D eigenvalue weighted by atomic mass is 35.5. The topological polar surface area (TPSA) is 64.3 Å². The number of rotatable bonds is 4. The lowest BCUT2D eigenvalue weighted by molar-refractivity contribution is 0.102. The van der Waals surface area contributed by atoms with Crippen molar-refractivity contribution in [3.63, 3.8) is 0 Å². The first-order chi connectivity index (χ1) is 9.63. The van der Waals surface area contributed by atoms with Crippen molar-refractivity contribution < 1.29 is 9.53 Å². The van der Waals surface area contributed by atoms with E-state index in [0.29, 0.717) is 28.6 Å². The molecule has 4 nitrogen and oxygen atoms in total. The number of halogens is 1. The minimum Gasteiger partial charge on any atom is -0.492 e. The molecule has 0 radical (unpaired) electrons. The maximum atomic E-state index is 12.2. The van der Waals surface area contributed by atoms with Crippen molar-refractivity contribution in [3.8, 4) is 5.75 Å². The number of nitrogens with one attached hydrogen (secondary N) is 1. The van der Waals surface area contributed by atoms with Gasteiger partial charge in [0, 0.05) is 0 Å². The maximum absolute atomic E-state index is 12.2. The minimum absolute atomic E-state index is 0.264. The van der Waals surface area contributed by atoms with E-state index in [1.165, 1.54) is 0 Å². The number of carbonyl (C=O) groups excluding carboxylic acids is 1. The second-order valence-electron chi connectivity index (χ2n) is 4.08. The zero-order valence-corrected chi connectivity index (χ0v) is 11.8. The molecule has 0 atom stereocenters. The molecule has 2 aromatic carbocycles. The fraction of sp³-hybridized carbons (Fsp3) is 0.133. The Labute approximate surface area is 122 Å². The van der Waals surface area contributed by atoms with E-state index in [4.69, 9.17) is 22.1 Å². The molecule has 0 spiro atoms. The van der Waals surface area contributed by atoms with Crippen LogP contribution in [-0.4, -0.2) is 12.5 Å². The van der Waals surface area contributed by atoms with Crippen molar-refractivity contribution in [1.82, 2.24) is 0 Å². The molecule has 1 amide bonds. The van der Waals surface area contributed by atoms with Gasteiger partial charge in [0.05, 0.1) is 28.6 Å². The number of carbonyl (C=O) groups is 1. The summed E-state index contributed by atoms with van der Waals surface area (Å²) in [7, 11) is 0. The first kappa shape index (κ1) is 14.2. The zero-order valence-electron chi connectivity index (χ0n) is 11.0. The third-order valence-electron chi connectivity index (χ3n) is 2.73. The van der Waals surface area contributed by atoms with Gasteiger partial charge in [-0.05, 0) is 31.2 Å². The Morgan fingerprint density at radius 2 is 2.00 bits per heavy atom. The second kappa shape index (κ2) is 6.30. The monoisotopic (exact) mass is 290 g/mol. The molecule has 3 N–H and O–H groups in total. The molecule has 0 unspecified atom stereocenters. The van der Waals surface area contributed by atoms with Crippen molar-refractivity contribution >= 4 is 28.9 Å². The Morgan fingerprint density at radius 3 is 2.75 bits per heavy atom. The van der Waals surface area contributed by atoms with Crippen LogP contribution in [0.1, 0.15) is 17.3 Å². The van der Waals surface area contributed by atoms with Crippen LogP contribution in [0.2, 0.25) is 5.02 Å². The Kier molecular flexibility index (Phi) is 4.48. The van der Waals surface area contributed by atoms with Gasteiger partial charge in [0.25, 0.3) is 5.91 Å². The van der Waals surface area contributed by atoms with E-state index in [2.05, 4.69) is 5.32 Å². The highest BCUT2D eigenvalue weighted by Crippen LogP contribution is 2.27. The predicted molar refractivity (Wildman–Crippen MR) is 81.4 cm³/mol. The molecule has 0 aromatic heterocycles. The van der Waals surface area contributed by atoms with Gasteiger partial charge in [0.15, 0.2) is 0 Å². The number of hydrogen-bond acceptors (Lipinski definition) is 3. The second-order valence-corrected chi connectivity index (χ2v) is 4.49. The van der Waals surface area contributed by atoms with Gasteiger partial charge in [-0.2, -0.15) is 0 Å². The average Bonchev–Trinajstić information content (AvgIpc) is 2.44. The summed E-state index contributed by atoms with van der Waals surface area (Å²) in [5.74, 6) is 0.293. The molecule has 0 aliphatic rings. The highest BCUT2D eigenvalue weighted by Gasteiger charge is 2.13. The first-order valence-electron chi connectivity index (χ1n) is 6.20. The molecule has 20 heavy (non-hydrogen) atoms. The van der Waals surface area contributed by atoms with Gasteiger partial charge >= 0.3 is 0 Å². The average molecular weight is 291 g/mol. The van der Waals surface area contributed by atoms with Crippen LogP contribution in [0.5, 0.6) is 5.75 Å². The summed E-state index contributed by atoms with van der Waals surface area (Å²) in [4.78, 5) is 12.2. The fourth-order valence-electron chi connectivity index (χ4n) is 1.78. The van der Waals surface area contributed by atoms with Gasteiger partial charge in [-0.1, -0.05) is 29.8 Å². The van der Waals surface area contributed by atoms with E-state index in [1.54, 1.807) is 30.3 Å². The number of ether oxygens (including phenoxy) is 1. The molecule has 0 saturated heterocycles. The van der Waals surface area contributed by atoms with Crippen LogP contribution in [0.25, 0.3) is 0 Å². The Morgan fingerprint density at radius 1 is 1.25 bits per heavy atom. The zero-order chi connectivity index (χ0) is 14.5. The van der Waals surface area contributed by atoms with Crippen LogP contribution < -0.4 is 15.8 Å². The molecule has 0 fully saturated rings. The van der Waals surface area contributed by atoms with Crippen molar-refractivity contribution in [2.45, 2.75) is 6.92 Å². The molecule has 0 aliphatic carbocycles. The highest BCUT2D eigenvalue weighted by molar-refractivity contribution is 6.34. The van der Waals surface area contributed by atoms with E-state index in [1.807, 2.05) is 19.1 Å². The summed E-state index contributed by atoms with van der Waals surface area (Å²) >= 11 is 5.91. The molecule has 2 aromatic rings. The third kappa shape index (κ3) is 3.03. The molecule has 0 bridgehead atoms. The Bertz CT molecular complexity index is 629. The molecule has 104 valence electrons. The largest absolute Gasteiger partial charge is 0.492 e. The van der Waals surface area contributed by atoms with E-state index >= 15 is 0 Å². The summed E-state index contributed by atoms with van der Waals surface area (Å²) in [5.41, 5.74) is 7.01. The minimum atomic E-state index is -0.322. The molecular weight excluding hydrogens is 276 g/mol. The summed E-state index contributed by atoms with van der Waals surface area (Å²) in [6.45, 7) is 2.40. The number of benzene rings is 2. The van der Waals surface area contributed by atoms with E-state index in [0.717, 1.165) is 0 Å². The molecule has 2 rings (SSSR count). The lowest BCUT2D eigenvalue weighted by Crippen LogP contribution is -2.15. The smallest absolute Gasteiger partial charge is 0.257 e. The van der Waals surface area contributed by atoms with E-state index in [-0.39, 0.29) is 11.6 Å². The molecular formula is C15H15ClN2O2. The lowest BCUT2D eigenvalue weighted by Gasteiger charge is -2.12. The summed E-state index contributed by atoms with van der Waals surface area (Å²) in [6.07, 6.45) is 0. The molecule has 0 heterocycles. The van der Waals surface area contributed by atoms with Crippen molar-refractivity contribution in [2.75, 3.05) is 17.7 Å². The number of amides is 1. The van der Waals surface area contributed by atoms with E-state index < -0.39 is 0 Å². The first-order valence-corrected chi connectivity index (χ1v) is 6.58. The van der Waals surface area contributed by atoms with Gasteiger partial charge in [-0.15, -0.1) is 0 Å². The van der Waals surface area contributed by atoms with Crippen LogP contribution >= 0.6 is 11.6 Å². The van der Waals surface area contributed by atoms with Gasteiger partial charge in [0.2, 0.25) is 0 Å². The normalized spacial score (nSPS) is 10.1.